The van der Waals surface area contributed by atoms with Gasteiger partial charge in [-0.15, -0.1) is 0 Å². The predicted octanol–water partition coefficient (Wildman–Crippen LogP) is 2.21. The van der Waals surface area contributed by atoms with Gasteiger partial charge in [0.15, 0.2) is 0 Å². The van der Waals surface area contributed by atoms with E-state index in [0.717, 1.165) is 12.5 Å². The van der Waals surface area contributed by atoms with Crippen LogP contribution in [0.1, 0.15) is 24.9 Å². The Morgan fingerprint density at radius 3 is 2.65 bits per heavy atom. The van der Waals surface area contributed by atoms with Crippen molar-refractivity contribution in [1.82, 2.24) is 9.80 Å². The van der Waals surface area contributed by atoms with Crippen LogP contribution >= 0.6 is 0 Å². The van der Waals surface area contributed by atoms with Crippen LogP contribution in [0.4, 0.5) is 0 Å². The molecule has 1 aliphatic rings. The van der Waals surface area contributed by atoms with E-state index < -0.39 is 0 Å². The molecular weight excluding hydrogens is 246 g/mol. The molecule has 0 bridgehead atoms. The number of benzene rings is 1. The lowest BCUT2D eigenvalue weighted by atomic mass is 9.94. The lowest BCUT2D eigenvalue weighted by Crippen LogP contribution is -2.34. The number of rotatable bonds is 6. The molecule has 1 saturated heterocycles. The predicted molar refractivity (Wildman–Crippen MR) is 85.6 cm³/mol. The molecular formula is C17H29N3. The molecule has 1 heterocycles. The molecule has 3 nitrogen and oxygen atoms in total. The largest absolute Gasteiger partial charge is 0.324 e. The maximum atomic E-state index is 6.38. The van der Waals surface area contributed by atoms with E-state index >= 15 is 0 Å². The zero-order valence-corrected chi connectivity index (χ0v) is 13.1. The second-order valence-corrected chi connectivity index (χ2v) is 6.55. The Labute approximate surface area is 123 Å². The SMILES string of the molecule is CC(CN(C)CC1CCN(C)C1)C(N)c1ccccc1. The van der Waals surface area contributed by atoms with Gasteiger partial charge in [-0.3, -0.25) is 0 Å². The first-order valence-corrected chi connectivity index (χ1v) is 7.74. The minimum Gasteiger partial charge on any atom is -0.324 e. The monoisotopic (exact) mass is 275 g/mol. The van der Waals surface area contributed by atoms with Crippen molar-refractivity contribution in [3.63, 3.8) is 0 Å². The molecule has 20 heavy (non-hydrogen) atoms. The minimum absolute atomic E-state index is 0.130. The van der Waals surface area contributed by atoms with E-state index in [0.29, 0.717) is 5.92 Å². The Morgan fingerprint density at radius 1 is 1.35 bits per heavy atom. The highest BCUT2D eigenvalue weighted by Gasteiger charge is 2.22. The first kappa shape index (κ1) is 15.5. The molecule has 3 atom stereocenters. The van der Waals surface area contributed by atoms with E-state index in [1.807, 2.05) is 6.07 Å². The van der Waals surface area contributed by atoms with Gasteiger partial charge in [-0.2, -0.15) is 0 Å². The lowest BCUT2D eigenvalue weighted by molar-refractivity contribution is 0.229. The smallest absolute Gasteiger partial charge is 0.0333 e. The van der Waals surface area contributed by atoms with E-state index in [9.17, 15) is 0 Å². The molecule has 1 aromatic carbocycles. The van der Waals surface area contributed by atoms with E-state index in [-0.39, 0.29) is 6.04 Å². The molecule has 0 amide bonds. The average molecular weight is 275 g/mol. The third-order valence-electron chi connectivity index (χ3n) is 4.46. The zero-order chi connectivity index (χ0) is 14.5. The van der Waals surface area contributed by atoms with E-state index in [1.54, 1.807) is 0 Å². The molecule has 3 unspecified atom stereocenters. The first-order chi connectivity index (χ1) is 9.56. The Morgan fingerprint density at radius 2 is 2.05 bits per heavy atom. The summed E-state index contributed by atoms with van der Waals surface area (Å²) in [5.41, 5.74) is 7.63. The standard InChI is InChI=1S/C17H29N3/c1-14(17(18)16-7-5-4-6-8-16)11-20(3)13-15-9-10-19(2)12-15/h4-8,14-15,17H,9-13,18H2,1-3H3. The summed E-state index contributed by atoms with van der Waals surface area (Å²) in [6, 6.07) is 10.6. The van der Waals surface area contributed by atoms with Crippen molar-refractivity contribution in [2.75, 3.05) is 40.3 Å². The Kier molecular flexibility index (Phi) is 5.58. The van der Waals surface area contributed by atoms with Gasteiger partial charge in [-0.05, 0) is 44.5 Å². The molecule has 0 aromatic heterocycles. The quantitative estimate of drug-likeness (QED) is 0.864. The summed E-state index contributed by atoms with van der Waals surface area (Å²) in [6.07, 6.45) is 1.33. The fraction of sp³-hybridized carbons (Fsp3) is 0.647. The molecule has 1 aliphatic heterocycles. The lowest BCUT2D eigenvalue weighted by Gasteiger charge is -2.27. The van der Waals surface area contributed by atoms with Gasteiger partial charge in [0.2, 0.25) is 0 Å². The van der Waals surface area contributed by atoms with Crippen molar-refractivity contribution in [2.24, 2.45) is 17.6 Å². The van der Waals surface area contributed by atoms with Crippen LogP contribution in [-0.4, -0.2) is 50.1 Å². The van der Waals surface area contributed by atoms with Crippen molar-refractivity contribution >= 4 is 0 Å². The number of nitrogens with zero attached hydrogens (tertiary/aromatic N) is 2. The van der Waals surface area contributed by atoms with Crippen LogP contribution in [0.15, 0.2) is 30.3 Å². The molecule has 112 valence electrons. The van der Waals surface area contributed by atoms with Gasteiger partial charge >= 0.3 is 0 Å². The molecule has 0 spiro atoms. The van der Waals surface area contributed by atoms with Gasteiger partial charge in [0.05, 0.1) is 0 Å². The van der Waals surface area contributed by atoms with Gasteiger partial charge in [-0.1, -0.05) is 37.3 Å². The Bertz CT molecular complexity index is 392. The van der Waals surface area contributed by atoms with Crippen LogP contribution in [-0.2, 0) is 0 Å². The summed E-state index contributed by atoms with van der Waals surface area (Å²) in [5, 5.41) is 0. The van der Waals surface area contributed by atoms with Crippen LogP contribution in [0.3, 0.4) is 0 Å². The third kappa shape index (κ3) is 4.30. The minimum atomic E-state index is 0.130. The molecule has 2 N–H and O–H groups in total. The molecule has 0 radical (unpaired) electrons. The van der Waals surface area contributed by atoms with Crippen molar-refractivity contribution in [2.45, 2.75) is 19.4 Å². The third-order valence-corrected chi connectivity index (χ3v) is 4.46. The van der Waals surface area contributed by atoms with Crippen molar-refractivity contribution < 1.29 is 0 Å². The maximum absolute atomic E-state index is 6.38. The van der Waals surface area contributed by atoms with Crippen molar-refractivity contribution in [3.8, 4) is 0 Å². The molecule has 3 heteroatoms. The second-order valence-electron chi connectivity index (χ2n) is 6.55. The van der Waals surface area contributed by atoms with E-state index in [1.165, 1.54) is 31.6 Å². The van der Waals surface area contributed by atoms with Crippen LogP contribution in [0.5, 0.6) is 0 Å². The fourth-order valence-electron chi connectivity index (χ4n) is 3.30. The van der Waals surface area contributed by atoms with E-state index in [2.05, 4.69) is 55.1 Å². The zero-order valence-electron chi connectivity index (χ0n) is 13.1. The normalized spacial score (nSPS) is 23.1. The number of hydrogen-bond acceptors (Lipinski definition) is 3. The number of hydrogen-bond donors (Lipinski definition) is 1. The molecule has 0 aliphatic carbocycles. The van der Waals surface area contributed by atoms with Gasteiger partial charge in [0, 0.05) is 25.7 Å². The first-order valence-electron chi connectivity index (χ1n) is 7.74. The number of nitrogens with two attached hydrogens (primary N) is 1. The van der Waals surface area contributed by atoms with Crippen LogP contribution < -0.4 is 5.73 Å². The number of likely N-dealkylation sites (tertiary alicyclic amines) is 1. The highest BCUT2D eigenvalue weighted by Crippen LogP contribution is 2.21. The fourth-order valence-corrected chi connectivity index (χ4v) is 3.30. The summed E-state index contributed by atoms with van der Waals surface area (Å²) < 4.78 is 0. The molecule has 1 aromatic rings. The average Bonchev–Trinajstić information content (AvgIpc) is 2.84. The Hall–Kier alpha value is -0.900. The van der Waals surface area contributed by atoms with Gasteiger partial charge in [-0.25, -0.2) is 0 Å². The van der Waals surface area contributed by atoms with Crippen LogP contribution in [0.2, 0.25) is 0 Å². The van der Waals surface area contributed by atoms with Crippen molar-refractivity contribution in [3.05, 3.63) is 35.9 Å². The molecule has 2 rings (SSSR count). The summed E-state index contributed by atoms with van der Waals surface area (Å²) in [6.45, 7) is 7.00. The molecule has 1 fully saturated rings. The Balaban J connectivity index is 1.80. The van der Waals surface area contributed by atoms with Crippen LogP contribution in [0, 0.1) is 11.8 Å². The van der Waals surface area contributed by atoms with Crippen molar-refractivity contribution in [1.29, 1.82) is 0 Å². The van der Waals surface area contributed by atoms with Crippen LogP contribution in [0.25, 0.3) is 0 Å². The molecule has 0 saturated carbocycles. The summed E-state index contributed by atoms with van der Waals surface area (Å²) in [5.74, 6) is 1.30. The topological polar surface area (TPSA) is 32.5 Å². The van der Waals surface area contributed by atoms with Gasteiger partial charge < -0.3 is 15.5 Å². The van der Waals surface area contributed by atoms with Gasteiger partial charge in [0.25, 0.3) is 0 Å². The summed E-state index contributed by atoms with van der Waals surface area (Å²) >= 11 is 0. The highest BCUT2D eigenvalue weighted by atomic mass is 15.1. The summed E-state index contributed by atoms with van der Waals surface area (Å²) in [7, 11) is 4.44. The highest BCUT2D eigenvalue weighted by molar-refractivity contribution is 5.19. The van der Waals surface area contributed by atoms with Gasteiger partial charge in [0.1, 0.15) is 0 Å². The second kappa shape index (κ2) is 7.21. The summed E-state index contributed by atoms with van der Waals surface area (Å²) in [4.78, 5) is 4.88. The maximum Gasteiger partial charge on any atom is 0.0333 e. The van der Waals surface area contributed by atoms with E-state index in [4.69, 9.17) is 5.73 Å².